The van der Waals surface area contributed by atoms with Crippen LogP contribution in [-0.4, -0.2) is 23.2 Å². The number of halogens is 5. The Bertz CT molecular complexity index is 1300. The van der Waals surface area contributed by atoms with Crippen molar-refractivity contribution in [2.24, 2.45) is 11.3 Å². The lowest BCUT2D eigenvalue weighted by atomic mass is 9.79. The first-order valence-corrected chi connectivity index (χ1v) is 10.9. The zero-order chi connectivity index (χ0) is 24.5. The number of amides is 2. The number of piperidine rings is 1. The summed E-state index contributed by atoms with van der Waals surface area (Å²) >= 11 is 12.2. The fourth-order valence-electron chi connectivity index (χ4n) is 5.35. The van der Waals surface area contributed by atoms with Crippen molar-refractivity contribution < 1.29 is 27.5 Å². The van der Waals surface area contributed by atoms with Crippen LogP contribution in [0.15, 0.2) is 67.0 Å². The number of ether oxygens (including phenoxy) is 1. The molecule has 1 aliphatic carbocycles. The standard InChI is InChI=1S/C24H15Cl2F3N2O3/c1-22-19(20(32)31(21(22)33)17-11-15(25)10-16(26)12-17)23(22,14-6-8-30-9-7-14)13-2-4-18(5-3-13)34-24(27,28)29/h2-12,19H,1H3/t19?,22-,23-/m1/s1. The lowest BCUT2D eigenvalue weighted by Crippen LogP contribution is -2.42. The highest BCUT2D eigenvalue weighted by Crippen LogP contribution is 2.76. The Labute approximate surface area is 202 Å². The Kier molecular flexibility index (Phi) is 4.97. The minimum atomic E-state index is -4.84. The van der Waals surface area contributed by atoms with Gasteiger partial charge in [-0.3, -0.25) is 14.6 Å². The van der Waals surface area contributed by atoms with Gasteiger partial charge in [0.05, 0.1) is 17.0 Å². The number of pyridine rings is 1. The number of hydrogen-bond acceptors (Lipinski definition) is 4. The maximum absolute atomic E-state index is 13.7. The van der Waals surface area contributed by atoms with Crippen molar-refractivity contribution in [3.8, 4) is 5.75 Å². The number of carbonyl (C=O) groups is 2. The first kappa shape index (κ1) is 22.7. The fraction of sp³-hybridized carbons (Fsp3) is 0.208. The van der Waals surface area contributed by atoms with E-state index in [4.69, 9.17) is 23.2 Å². The van der Waals surface area contributed by atoms with Crippen molar-refractivity contribution in [1.82, 2.24) is 4.98 Å². The Morgan fingerprint density at radius 3 is 2.00 bits per heavy atom. The average molecular weight is 507 g/mol. The molecular formula is C24H15Cl2F3N2O3. The molecular weight excluding hydrogens is 492 g/mol. The van der Waals surface area contributed by atoms with E-state index in [0.29, 0.717) is 11.1 Å². The SMILES string of the molecule is C[C@]12C(=O)N(c3cc(Cl)cc(Cl)c3)C(=O)C1[C@]2(c1ccncc1)c1ccc(OC(F)(F)F)cc1. The van der Waals surface area contributed by atoms with Crippen LogP contribution in [0, 0.1) is 11.3 Å². The summed E-state index contributed by atoms with van der Waals surface area (Å²) < 4.78 is 41.8. The summed E-state index contributed by atoms with van der Waals surface area (Å²) in [6, 6.07) is 13.1. The molecule has 1 unspecified atom stereocenters. The van der Waals surface area contributed by atoms with Gasteiger partial charge in [-0.05, 0) is 60.5 Å². The first-order chi connectivity index (χ1) is 16.0. The van der Waals surface area contributed by atoms with Crippen molar-refractivity contribution in [3.63, 3.8) is 0 Å². The average Bonchev–Trinajstić information content (AvgIpc) is 3.28. The first-order valence-electron chi connectivity index (χ1n) is 10.1. The minimum absolute atomic E-state index is 0.262. The molecule has 2 amide bonds. The van der Waals surface area contributed by atoms with Gasteiger partial charge in [-0.1, -0.05) is 35.3 Å². The van der Waals surface area contributed by atoms with Crippen LogP contribution in [0.2, 0.25) is 10.0 Å². The quantitative estimate of drug-likeness (QED) is 0.420. The molecule has 1 aromatic heterocycles. The molecule has 2 aliphatic rings. The molecule has 5 rings (SSSR count). The smallest absolute Gasteiger partial charge is 0.406 e. The monoisotopic (exact) mass is 506 g/mol. The van der Waals surface area contributed by atoms with E-state index in [1.807, 2.05) is 0 Å². The summed E-state index contributed by atoms with van der Waals surface area (Å²) in [5, 5.41) is 0.545. The molecule has 0 N–H and O–H groups in total. The summed E-state index contributed by atoms with van der Waals surface area (Å²) in [6.45, 7) is 1.69. The Morgan fingerprint density at radius 1 is 0.941 bits per heavy atom. The highest BCUT2D eigenvalue weighted by molar-refractivity contribution is 6.36. The number of alkyl halides is 3. The Morgan fingerprint density at radius 2 is 1.50 bits per heavy atom. The van der Waals surface area contributed by atoms with Gasteiger partial charge in [-0.15, -0.1) is 13.2 Å². The van der Waals surface area contributed by atoms with Crippen molar-refractivity contribution in [2.75, 3.05) is 4.90 Å². The second-order valence-electron chi connectivity index (χ2n) is 8.36. The van der Waals surface area contributed by atoms with Gasteiger partial charge in [0.2, 0.25) is 11.8 Å². The fourth-order valence-corrected chi connectivity index (χ4v) is 5.87. The van der Waals surface area contributed by atoms with Gasteiger partial charge in [-0.25, -0.2) is 4.90 Å². The molecule has 1 saturated heterocycles. The largest absolute Gasteiger partial charge is 0.573 e. The molecule has 1 saturated carbocycles. The minimum Gasteiger partial charge on any atom is -0.406 e. The number of benzene rings is 2. The molecule has 3 atom stereocenters. The maximum atomic E-state index is 13.7. The van der Waals surface area contributed by atoms with Crippen LogP contribution in [0.1, 0.15) is 18.1 Å². The third-order valence-electron chi connectivity index (χ3n) is 6.65. The van der Waals surface area contributed by atoms with Gasteiger partial charge in [0, 0.05) is 27.9 Å². The lowest BCUT2D eigenvalue weighted by Gasteiger charge is -2.29. The zero-order valence-corrected chi connectivity index (χ0v) is 18.9. The molecule has 1 aliphatic heterocycles. The molecule has 2 aromatic carbocycles. The van der Waals surface area contributed by atoms with Crippen molar-refractivity contribution in [2.45, 2.75) is 18.7 Å². The van der Waals surface area contributed by atoms with E-state index in [0.717, 1.165) is 4.90 Å². The van der Waals surface area contributed by atoms with Gasteiger partial charge in [0.1, 0.15) is 5.75 Å². The van der Waals surface area contributed by atoms with Crippen LogP contribution < -0.4 is 9.64 Å². The summed E-state index contributed by atoms with van der Waals surface area (Å²) in [5.74, 6) is -2.08. The summed E-state index contributed by atoms with van der Waals surface area (Å²) in [4.78, 5) is 32.5. The molecule has 5 nitrogen and oxygen atoms in total. The maximum Gasteiger partial charge on any atom is 0.573 e. The molecule has 0 radical (unpaired) electrons. The van der Waals surface area contributed by atoms with Crippen LogP contribution in [0.4, 0.5) is 18.9 Å². The number of fused-ring (bicyclic) bond motifs is 1. The molecule has 0 spiro atoms. The predicted molar refractivity (Wildman–Crippen MR) is 119 cm³/mol. The van der Waals surface area contributed by atoms with Gasteiger partial charge in [0.15, 0.2) is 0 Å². The van der Waals surface area contributed by atoms with E-state index >= 15 is 0 Å². The van der Waals surface area contributed by atoms with Gasteiger partial charge >= 0.3 is 6.36 Å². The summed E-state index contributed by atoms with van der Waals surface area (Å²) in [6.07, 6.45) is -1.75. The third-order valence-corrected chi connectivity index (χ3v) is 7.08. The van der Waals surface area contributed by atoms with Crippen LogP contribution in [0.3, 0.4) is 0 Å². The normalized spacial score (nSPS) is 25.9. The number of nitrogens with zero attached hydrogens (tertiary/aromatic N) is 2. The highest BCUT2D eigenvalue weighted by Gasteiger charge is 2.86. The third kappa shape index (κ3) is 3.12. The Balaban J connectivity index is 1.61. The van der Waals surface area contributed by atoms with E-state index in [2.05, 4.69) is 9.72 Å². The molecule has 2 fully saturated rings. The van der Waals surface area contributed by atoms with Crippen molar-refractivity contribution in [1.29, 1.82) is 0 Å². The molecule has 34 heavy (non-hydrogen) atoms. The topological polar surface area (TPSA) is 59.5 Å². The van der Waals surface area contributed by atoms with Crippen molar-refractivity contribution >= 4 is 40.7 Å². The predicted octanol–water partition coefficient (Wildman–Crippen LogP) is 5.78. The van der Waals surface area contributed by atoms with E-state index in [1.54, 1.807) is 31.5 Å². The second kappa shape index (κ2) is 7.45. The van der Waals surface area contributed by atoms with Gasteiger partial charge < -0.3 is 4.74 Å². The van der Waals surface area contributed by atoms with E-state index < -0.39 is 40.7 Å². The van der Waals surface area contributed by atoms with Crippen LogP contribution in [0.5, 0.6) is 5.75 Å². The number of aromatic nitrogens is 1. The zero-order valence-electron chi connectivity index (χ0n) is 17.4. The second-order valence-corrected chi connectivity index (χ2v) is 9.23. The highest BCUT2D eigenvalue weighted by atomic mass is 35.5. The molecule has 10 heteroatoms. The number of hydrogen-bond donors (Lipinski definition) is 0. The van der Waals surface area contributed by atoms with E-state index in [9.17, 15) is 22.8 Å². The number of imide groups is 1. The van der Waals surface area contributed by atoms with Crippen LogP contribution >= 0.6 is 23.2 Å². The number of carbonyl (C=O) groups excluding carboxylic acids is 2. The van der Waals surface area contributed by atoms with E-state index in [1.165, 1.54) is 42.5 Å². The van der Waals surface area contributed by atoms with Crippen LogP contribution in [-0.2, 0) is 15.0 Å². The van der Waals surface area contributed by atoms with Gasteiger partial charge in [-0.2, -0.15) is 0 Å². The van der Waals surface area contributed by atoms with Crippen LogP contribution in [0.25, 0.3) is 0 Å². The van der Waals surface area contributed by atoms with Crippen molar-refractivity contribution in [3.05, 3.63) is 88.2 Å². The summed E-state index contributed by atoms with van der Waals surface area (Å²) in [7, 11) is 0. The molecule has 2 heterocycles. The Hall–Kier alpha value is -3.10. The summed E-state index contributed by atoms with van der Waals surface area (Å²) in [5.41, 5.74) is -0.832. The molecule has 174 valence electrons. The lowest BCUT2D eigenvalue weighted by molar-refractivity contribution is -0.274. The van der Waals surface area contributed by atoms with E-state index in [-0.39, 0.29) is 15.7 Å². The molecule has 3 aromatic rings. The number of rotatable bonds is 4. The number of anilines is 1. The van der Waals surface area contributed by atoms with Gasteiger partial charge in [0.25, 0.3) is 0 Å². The molecule has 0 bridgehead atoms.